The van der Waals surface area contributed by atoms with Gasteiger partial charge in [-0.25, -0.2) is 8.78 Å². The highest BCUT2D eigenvalue weighted by atomic mass is 19.1. The van der Waals surface area contributed by atoms with Gasteiger partial charge in [0.05, 0.1) is 16.8 Å². The summed E-state index contributed by atoms with van der Waals surface area (Å²) in [5, 5.41) is 5.22. The summed E-state index contributed by atoms with van der Waals surface area (Å²) in [6, 6.07) is 1.39. The Balaban J connectivity index is 3.07. The Morgan fingerprint density at radius 2 is 1.85 bits per heavy atom. The molecule has 0 saturated heterocycles. The SMILES string of the molecule is CCNC(C)(C)C(=O)Nc1cc(C(N)=O)c(F)cc1F. The van der Waals surface area contributed by atoms with Crippen molar-refractivity contribution < 1.29 is 18.4 Å². The Bertz CT molecular complexity index is 545. The molecule has 0 radical (unpaired) electrons. The first-order valence-corrected chi connectivity index (χ1v) is 6.04. The molecule has 0 heterocycles. The van der Waals surface area contributed by atoms with Crippen molar-refractivity contribution in [2.45, 2.75) is 26.3 Å². The average molecular weight is 285 g/mol. The number of hydrogen-bond acceptors (Lipinski definition) is 3. The standard InChI is InChI=1S/C13H17F2N3O2/c1-4-17-13(2,3)12(20)18-10-5-7(11(16)19)8(14)6-9(10)15/h5-6,17H,4H2,1-3H3,(H2,16,19)(H,18,20). The maximum absolute atomic E-state index is 13.6. The maximum Gasteiger partial charge on any atom is 0.251 e. The smallest absolute Gasteiger partial charge is 0.251 e. The second-order valence-corrected chi connectivity index (χ2v) is 4.79. The molecule has 0 aromatic heterocycles. The Hall–Kier alpha value is -2.02. The van der Waals surface area contributed by atoms with Gasteiger partial charge in [-0.3, -0.25) is 9.59 Å². The fraction of sp³-hybridized carbons (Fsp3) is 0.385. The Labute approximate surface area is 115 Å². The summed E-state index contributed by atoms with van der Waals surface area (Å²) in [5.41, 5.74) is 3.25. The lowest BCUT2D eigenvalue weighted by Gasteiger charge is -2.24. The molecule has 0 fully saturated rings. The van der Waals surface area contributed by atoms with Crippen LogP contribution in [0.25, 0.3) is 0 Å². The molecule has 1 rings (SSSR count). The largest absolute Gasteiger partial charge is 0.366 e. The number of primary amides is 1. The van der Waals surface area contributed by atoms with Gasteiger partial charge in [0, 0.05) is 6.07 Å². The van der Waals surface area contributed by atoms with Crippen molar-refractivity contribution in [3.8, 4) is 0 Å². The van der Waals surface area contributed by atoms with Crippen LogP contribution >= 0.6 is 0 Å². The number of carbonyl (C=O) groups excluding carboxylic acids is 2. The molecule has 7 heteroatoms. The number of carbonyl (C=O) groups is 2. The minimum atomic E-state index is -1.07. The van der Waals surface area contributed by atoms with Crippen molar-refractivity contribution in [1.82, 2.24) is 5.32 Å². The fourth-order valence-corrected chi connectivity index (χ4v) is 1.63. The van der Waals surface area contributed by atoms with E-state index in [1.54, 1.807) is 13.8 Å². The molecule has 1 aromatic rings. The fourth-order valence-electron chi connectivity index (χ4n) is 1.63. The molecule has 0 aliphatic heterocycles. The van der Waals surface area contributed by atoms with Crippen molar-refractivity contribution in [1.29, 1.82) is 0 Å². The number of hydrogen-bond donors (Lipinski definition) is 3. The second-order valence-electron chi connectivity index (χ2n) is 4.79. The van der Waals surface area contributed by atoms with Crippen molar-refractivity contribution in [3.63, 3.8) is 0 Å². The van der Waals surface area contributed by atoms with Crippen LogP contribution in [0.1, 0.15) is 31.1 Å². The number of nitrogens with one attached hydrogen (secondary N) is 2. The number of anilines is 1. The van der Waals surface area contributed by atoms with Gasteiger partial charge < -0.3 is 16.4 Å². The summed E-state index contributed by atoms with van der Waals surface area (Å²) >= 11 is 0. The first kappa shape index (κ1) is 16.0. The highest BCUT2D eigenvalue weighted by Gasteiger charge is 2.27. The van der Waals surface area contributed by atoms with Crippen molar-refractivity contribution in [2.75, 3.05) is 11.9 Å². The molecular weight excluding hydrogens is 268 g/mol. The van der Waals surface area contributed by atoms with Crippen molar-refractivity contribution in [3.05, 3.63) is 29.3 Å². The van der Waals surface area contributed by atoms with E-state index in [0.717, 1.165) is 6.07 Å². The number of halogens is 2. The summed E-state index contributed by atoms with van der Waals surface area (Å²) in [5.74, 6) is -3.60. The van der Waals surface area contributed by atoms with E-state index in [1.165, 1.54) is 0 Å². The number of rotatable bonds is 5. The van der Waals surface area contributed by atoms with E-state index in [9.17, 15) is 18.4 Å². The molecule has 110 valence electrons. The van der Waals surface area contributed by atoms with Crippen LogP contribution in [0.5, 0.6) is 0 Å². The van der Waals surface area contributed by atoms with Crippen LogP contribution in [-0.4, -0.2) is 23.9 Å². The monoisotopic (exact) mass is 285 g/mol. The zero-order chi connectivity index (χ0) is 15.5. The van der Waals surface area contributed by atoms with E-state index in [1.807, 2.05) is 6.92 Å². The Morgan fingerprint density at radius 1 is 1.25 bits per heavy atom. The first-order valence-electron chi connectivity index (χ1n) is 6.04. The van der Waals surface area contributed by atoms with Crippen molar-refractivity contribution >= 4 is 17.5 Å². The van der Waals surface area contributed by atoms with Crippen LogP contribution in [-0.2, 0) is 4.79 Å². The third-order valence-electron chi connectivity index (χ3n) is 2.76. The van der Waals surface area contributed by atoms with Crippen LogP contribution < -0.4 is 16.4 Å². The van der Waals surface area contributed by atoms with E-state index in [4.69, 9.17) is 5.73 Å². The van der Waals surface area contributed by atoms with Crippen molar-refractivity contribution in [2.24, 2.45) is 5.73 Å². The van der Waals surface area contributed by atoms with Crippen LogP contribution in [0.2, 0.25) is 0 Å². The summed E-state index contributed by atoms with van der Waals surface area (Å²) in [6.07, 6.45) is 0. The molecule has 2 amide bonds. The van der Waals surface area contributed by atoms with E-state index >= 15 is 0 Å². The van der Waals surface area contributed by atoms with Gasteiger partial charge in [-0.2, -0.15) is 0 Å². The predicted octanol–water partition coefficient (Wildman–Crippen LogP) is 1.39. The van der Waals surface area contributed by atoms with Gasteiger partial charge >= 0.3 is 0 Å². The summed E-state index contributed by atoms with van der Waals surface area (Å²) in [7, 11) is 0. The number of likely N-dealkylation sites (N-methyl/N-ethyl adjacent to an activating group) is 1. The molecular formula is C13H17F2N3O2. The van der Waals surface area contributed by atoms with Gasteiger partial charge in [0.15, 0.2) is 0 Å². The van der Waals surface area contributed by atoms with Gasteiger partial charge in [0.1, 0.15) is 11.6 Å². The summed E-state index contributed by atoms with van der Waals surface area (Å²) < 4.78 is 26.9. The lowest BCUT2D eigenvalue weighted by atomic mass is 10.0. The number of amides is 2. The lowest BCUT2D eigenvalue weighted by Crippen LogP contribution is -2.49. The van der Waals surface area contributed by atoms with Gasteiger partial charge in [0.2, 0.25) is 5.91 Å². The highest BCUT2D eigenvalue weighted by molar-refractivity contribution is 5.99. The molecule has 1 aromatic carbocycles. The molecule has 5 nitrogen and oxygen atoms in total. The maximum atomic E-state index is 13.6. The Morgan fingerprint density at radius 3 is 2.35 bits per heavy atom. The number of benzene rings is 1. The topological polar surface area (TPSA) is 84.2 Å². The predicted molar refractivity (Wildman–Crippen MR) is 71.3 cm³/mol. The highest BCUT2D eigenvalue weighted by Crippen LogP contribution is 2.20. The first-order chi connectivity index (χ1) is 9.19. The van der Waals surface area contributed by atoms with E-state index < -0.39 is 34.6 Å². The van der Waals surface area contributed by atoms with Crippen LogP contribution in [0.15, 0.2) is 12.1 Å². The zero-order valence-corrected chi connectivity index (χ0v) is 11.5. The normalized spacial score (nSPS) is 11.2. The molecule has 0 spiro atoms. The van der Waals surface area contributed by atoms with Gasteiger partial charge in [0.25, 0.3) is 5.91 Å². The molecule has 0 aliphatic rings. The molecule has 0 bridgehead atoms. The minimum absolute atomic E-state index is 0.295. The quantitative estimate of drug-likeness (QED) is 0.764. The summed E-state index contributed by atoms with van der Waals surface area (Å²) in [6.45, 7) is 5.59. The Kier molecular flexibility index (Phi) is 4.78. The molecule has 0 saturated carbocycles. The van der Waals surface area contributed by atoms with Gasteiger partial charge in [-0.15, -0.1) is 0 Å². The molecule has 0 unspecified atom stereocenters. The van der Waals surface area contributed by atoms with Gasteiger partial charge in [-0.05, 0) is 26.5 Å². The minimum Gasteiger partial charge on any atom is -0.366 e. The van der Waals surface area contributed by atoms with Gasteiger partial charge in [-0.1, -0.05) is 6.92 Å². The summed E-state index contributed by atoms with van der Waals surface area (Å²) in [4.78, 5) is 23.0. The molecule has 0 atom stereocenters. The van der Waals surface area contributed by atoms with E-state index in [0.29, 0.717) is 12.6 Å². The second kappa shape index (κ2) is 5.96. The number of nitrogens with two attached hydrogens (primary N) is 1. The average Bonchev–Trinajstić information content (AvgIpc) is 2.31. The molecule has 20 heavy (non-hydrogen) atoms. The van der Waals surface area contributed by atoms with E-state index in [2.05, 4.69) is 10.6 Å². The molecule has 0 aliphatic carbocycles. The van der Waals surface area contributed by atoms with E-state index in [-0.39, 0.29) is 5.69 Å². The lowest BCUT2D eigenvalue weighted by molar-refractivity contribution is -0.121. The van der Waals surface area contributed by atoms with Crippen LogP contribution in [0, 0.1) is 11.6 Å². The third-order valence-corrected chi connectivity index (χ3v) is 2.76. The zero-order valence-electron chi connectivity index (χ0n) is 11.5. The third kappa shape index (κ3) is 3.51. The molecule has 4 N–H and O–H groups in total. The van der Waals surface area contributed by atoms with Crippen LogP contribution in [0.3, 0.4) is 0 Å². The van der Waals surface area contributed by atoms with Crippen LogP contribution in [0.4, 0.5) is 14.5 Å².